The molecule has 1 heterocycles. The van der Waals surface area contributed by atoms with Gasteiger partial charge in [0, 0.05) is 37.2 Å². The van der Waals surface area contributed by atoms with Crippen LogP contribution in [0.25, 0.3) is 0 Å². The molecule has 0 aromatic heterocycles. The monoisotopic (exact) mass is 357 g/mol. The molecule has 0 radical (unpaired) electrons. The van der Waals surface area contributed by atoms with E-state index < -0.39 is 0 Å². The van der Waals surface area contributed by atoms with Crippen molar-refractivity contribution in [1.29, 1.82) is 0 Å². The van der Waals surface area contributed by atoms with Crippen LogP contribution in [0.2, 0.25) is 0 Å². The van der Waals surface area contributed by atoms with Gasteiger partial charge in [0.1, 0.15) is 5.82 Å². The number of nitrogens with zero attached hydrogens (tertiary/aromatic N) is 2. The van der Waals surface area contributed by atoms with Gasteiger partial charge in [-0.05, 0) is 41.1 Å². The van der Waals surface area contributed by atoms with Crippen molar-refractivity contribution < 1.29 is 14.0 Å². The summed E-state index contributed by atoms with van der Waals surface area (Å²) in [5.41, 5.74) is 0.433. The molecule has 1 aromatic carbocycles. The first-order valence-corrected chi connectivity index (χ1v) is 7.59. The van der Waals surface area contributed by atoms with E-state index in [1.165, 1.54) is 18.2 Å². The molecule has 5 nitrogen and oxygen atoms in total. The van der Waals surface area contributed by atoms with Crippen LogP contribution in [-0.4, -0.2) is 54.5 Å². The van der Waals surface area contributed by atoms with E-state index in [2.05, 4.69) is 21.2 Å². The fourth-order valence-corrected chi connectivity index (χ4v) is 2.73. The van der Waals surface area contributed by atoms with Crippen LogP contribution in [0.5, 0.6) is 0 Å². The second-order valence-electron chi connectivity index (χ2n) is 4.74. The highest BCUT2D eigenvalue weighted by molar-refractivity contribution is 9.10. The summed E-state index contributed by atoms with van der Waals surface area (Å²) in [6, 6.07) is 3.91. The van der Waals surface area contributed by atoms with E-state index in [1.54, 1.807) is 9.80 Å². The third-order valence-electron chi connectivity index (χ3n) is 3.34. The van der Waals surface area contributed by atoms with Gasteiger partial charge in [-0.25, -0.2) is 9.18 Å². The number of nitrogens with one attached hydrogen (secondary N) is 1. The molecule has 0 bridgehead atoms. The van der Waals surface area contributed by atoms with Gasteiger partial charge in [0.15, 0.2) is 0 Å². The van der Waals surface area contributed by atoms with Gasteiger partial charge in [0.25, 0.3) is 5.91 Å². The molecule has 1 saturated heterocycles. The molecule has 21 heavy (non-hydrogen) atoms. The van der Waals surface area contributed by atoms with Gasteiger partial charge in [0.2, 0.25) is 0 Å². The number of urea groups is 1. The average molecular weight is 358 g/mol. The minimum Gasteiger partial charge on any atom is -0.338 e. The Kier molecular flexibility index (Phi) is 5.17. The number of halogens is 2. The van der Waals surface area contributed by atoms with Gasteiger partial charge < -0.3 is 15.1 Å². The summed E-state index contributed by atoms with van der Waals surface area (Å²) in [6.07, 6.45) is 0. The van der Waals surface area contributed by atoms with Crippen molar-refractivity contribution in [2.45, 2.75) is 6.92 Å². The van der Waals surface area contributed by atoms with Crippen molar-refractivity contribution >= 4 is 27.9 Å². The number of benzene rings is 1. The Hall–Kier alpha value is -1.63. The number of hydrogen-bond acceptors (Lipinski definition) is 2. The summed E-state index contributed by atoms with van der Waals surface area (Å²) in [4.78, 5) is 27.4. The molecule has 7 heteroatoms. The largest absolute Gasteiger partial charge is 0.338 e. The second kappa shape index (κ2) is 6.89. The average Bonchev–Trinajstić information content (AvgIpc) is 2.47. The Balaban J connectivity index is 1.98. The molecule has 1 fully saturated rings. The first kappa shape index (κ1) is 15.8. The van der Waals surface area contributed by atoms with Crippen LogP contribution in [-0.2, 0) is 0 Å². The minimum atomic E-state index is -0.389. The third-order valence-corrected chi connectivity index (χ3v) is 4.00. The van der Waals surface area contributed by atoms with Crippen molar-refractivity contribution in [1.82, 2.24) is 15.1 Å². The van der Waals surface area contributed by atoms with Crippen molar-refractivity contribution in [3.05, 3.63) is 34.1 Å². The zero-order valence-corrected chi connectivity index (χ0v) is 13.3. The molecule has 0 spiro atoms. The van der Waals surface area contributed by atoms with E-state index in [1.807, 2.05) is 6.92 Å². The predicted octanol–water partition coefficient (Wildman–Crippen LogP) is 2.08. The van der Waals surface area contributed by atoms with Crippen LogP contribution in [0.3, 0.4) is 0 Å². The molecular formula is C14H17BrFN3O2. The van der Waals surface area contributed by atoms with Gasteiger partial charge in [-0.1, -0.05) is 0 Å². The highest BCUT2D eigenvalue weighted by atomic mass is 79.9. The SMILES string of the molecule is CCNC(=O)N1CCN(C(=O)c2ccc(F)cc2Br)CC1. The molecule has 0 aliphatic carbocycles. The molecule has 3 amide bonds. The van der Waals surface area contributed by atoms with Gasteiger partial charge in [0.05, 0.1) is 5.56 Å². The van der Waals surface area contributed by atoms with E-state index in [0.29, 0.717) is 42.8 Å². The van der Waals surface area contributed by atoms with E-state index in [4.69, 9.17) is 0 Å². The summed E-state index contributed by atoms with van der Waals surface area (Å²) < 4.78 is 13.5. The fourth-order valence-electron chi connectivity index (χ4n) is 2.21. The minimum absolute atomic E-state index is 0.104. The maximum absolute atomic E-state index is 13.1. The van der Waals surface area contributed by atoms with E-state index in [0.717, 1.165) is 0 Å². The number of carbonyl (C=O) groups excluding carboxylic acids is 2. The topological polar surface area (TPSA) is 52.7 Å². The van der Waals surface area contributed by atoms with E-state index >= 15 is 0 Å². The normalized spacial score (nSPS) is 15.0. The maximum atomic E-state index is 13.1. The number of piperazine rings is 1. The molecular weight excluding hydrogens is 341 g/mol. The first-order valence-electron chi connectivity index (χ1n) is 6.80. The Morgan fingerprint density at radius 2 is 1.86 bits per heavy atom. The summed E-state index contributed by atoms with van der Waals surface area (Å²) in [5.74, 6) is -0.545. The van der Waals surface area contributed by atoms with Crippen LogP contribution >= 0.6 is 15.9 Å². The lowest BCUT2D eigenvalue weighted by Crippen LogP contribution is -2.53. The molecule has 114 valence electrons. The molecule has 1 N–H and O–H groups in total. The van der Waals surface area contributed by atoms with E-state index in [9.17, 15) is 14.0 Å². The lowest BCUT2D eigenvalue weighted by atomic mass is 10.2. The molecule has 0 unspecified atom stereocenters. The summed E-state index contributed by atoms with van der Waals surface area (Å²) in [6.45, 7) is 4.39. The number of carbonyl (C=O) groups is 2. The molecule has 0 atom stereocenters. The number of hydrogen-bond donors (Lipinski definition) is 1. The Labute approximate surface area is 131 Å². The Morgan fingerprint density at radius 3 is 2.43 bits per heavy atom. The zero-order chi connectivity index (χ0) is 15.4. The van der Waals surface area contributed by atoms with Crippen LogP contribution in [0.1, 0.15) is 17.3 Å². The highest BCUT2D eigenvalue weighted by Crippen LogP contribution is 2.20. The second-order valence-corrected chi connectivity index (χ2v) is 5.59. The van der Waals surface area contributed by atoms with E-state index in [-0.39, 0.29) is 17.8 Å². The van der Waals surface area contributed by atoms with Crippen LogP contribution in [0.15, 0.2) is 22.7 Å². The lowest BCUT2D eigenvalue weighted by Gasteiger charge is -2.34. The quantitative estimate of drug-likeness (QED) is 0.880. The summed E-state index contributed by atoms with van der Waals surface area (Å²) in [5, 5.41) is 2.74. The molecule has 1 aliphatic heterocycles. The molecule has 1 aliphatic rings. The Morgan fingerprint density at radius 1 is 1.24 bits per heavy atom. The highest BCUT2D eigenvalue weighted by Gasteiger charge is 2.25. The molecule has 2 rings (SSSR count). The predicted molar refractivity (Wildman–Crippen MR) is 80.6 cm³/mol. The fraction of sp³-hybridized carbons (Fsp3) is 0.429. The summed E-state index contributed by atoms with van der Waals surface area (Å²) >= 11 is 3.21. The lowest BCUT2D eigenvalue weighted by molar-refractivity contribution is 0.0664. The first-order chi connectivity index (χ1) is 10.0. The van der Waals surface area contributed by atoms with Crippen molar-refractivity contribution in [3.63, 3.8) is 0 Å². The van der Waals surface area contributed by atoms with Gasteiger partial charge in [-0.2, -0.15) is 0 Å². The third kappa shape index (κ3) is 3.72. The van der Waals surface area contributed by atoms with Gasteiger partial charge in [-0.15, -0.1) is 0 Å². The Bertz CT molecular complexity index is 545. The van der Waals surface area contributed by atoms with Crippen molar-refractivity contribution in [2.24, 2.45) is 0 Å². The van der Waals surface area contributed by atoms with Gasteiger partial charge in [-0.3, -0.25) is 4.79 Å². The maximum Gasteiger partial charge on any atom is 0.317 e. The van der Waals surface area contributed by atoms with Crippen molar-refractivity contribution in [3.8, 4) is 0 Å². The van der Waals surface area contributed by atoms with Crippen LogP contribution in [0, 0.1) is 5.82 Å². The number of rotatable bonds is 2. The smallest absolute Gasteiger partial charge is 0.317 e. The molecule has 0 saturated carbocycles. The van der Waals surface area contributed by atoms with Crippen LogP contribution in [0.4, 0.5) is 9.18 Å². The van der Waals surface area contributed by atoms with Gasteiger partial charge >= 0.3 is 6.03 Å². The standard InChI is InChI=1S/C14H17BrFN3O2/c1-2-17-14(21)19-7-5-18(6-8-19)13(20)11-4-3-10(16)9-12(11)15/h3-4,9H,2,5-8H2,1H3,(H,17,21). The van der Waals surface area contributed by atoms with Crippen molar-refractivity contribution in [2.75, 3.05) is 32.7 Å². The zero-order valence-electron chi connectivity index (χ0n) is 11.7. The summed E-state index contributed by atoms with van der Waals surface area (Å²) in [7, 11) is 0. The van der Waals surface area contributed by atoms with Crippen LogP contribution < -0.4 is 5.32 Å². The molecule has 1 aromatic rings. The number of amides is 3.